The van der Waals surface area contributed by atoms with E-state index in [9.17, 15) is 14.9 Å². The Morgan fingerprint density at radius 2 is 1.32 bits per heavy atom. The Kier molecular flexibility index (Phi) is 12.2. The molecule has 0 radical (unpaired) electrons. The Hall–Kier alpha value is -1.33. The summed E-state index contributed by atoms with van der Waals surface area (Å²) in [6.07, 6.45) is 9.63. The third kappa shape index (κ3) is 16.7. The average molecular weight is 275 g/mol. The molecule has 0 aliphatic heterocycles. The molecule has 0 saturated heterocycles. The Balaban J connectivity index is 2.99. The highest BCUT2D eigenvalue weighted by Crippen LogP contribution is 2.09. The smallest absolute Gasteiger partial charge is 0.302 e. The third-order valence-electron chi connectivity index (χ3n) is 2.79. The minimum absolute atomic E-state index is 0.207. The first-order valence-electron chi connectivity index (χ1n) is 7.03. The van der Waals surface area contributed by atoms with Gasteiger partial charge in [-0.15, -0.1) is 10.1 Å². The summed E-state index contributed by atoms with van der Waals surface area (Å²) in [5.41, 5.74) is 0. The van der Waals surface area contributed by atoms with Crippen molar-refractivity contribution in [1.82, 2.24) is 0 Å². The van der Waals surface area contributed by atoms with E-state index in [4.69, 9.17) is 4.74 Å². The number of carbonyl (C=O) groups excluding carboxylic acids is 1. The van der Waals surface area contributed by atoms with Gasteiger partial charge in [0.2, 0.25) is 0 Å². The van der Waals surface area contributed by atoms with Crippen LogP contribution in [0.2, 0.25) is 0 Å². The highest BCUT2D eigenvalue weighted by molar-refractivity contribution is 5.65. The molecular formula is C13H25NO5. The summed E-state index contributed by atoms with van der Waals surface area (Å²) in [6, 6.07) is 0. The van der Waals surface area contributed by atoms with E-state index in [1.165, 1.54) is 32.6 Å². The lowest BCUT2D eigenvalue weighted by atomic mass is 10.1. The van der Waals surface area contributed by atoms with E-state index in [-0.39, 0.29) is 12.6 Å². The standard InChI is InChI=1S/C13H25NO5/c1-13(15)18-11-9-7-5-3-2-4-6-8-10-12-19-14(16)17/h2-12H2,1H3. The van der Waals surface area contributed by atoms with E-state index in [1.54, 1.807) is 0 Å². The second kappa shape index (κ2) is 13.1. The molecule has 0 saturated carbocycles. The maximum Gasteiger partial charge on any atom is 0.302 e. The largest absolute Gasteiger partial charge is 0.466 e. The summed E-state index contributed by atoms with van der Waals surface area (Å²) in [5, 5.41) is 9.13. The quantitative estimate of drug-likeness (QED) is 0.223. The summed E-state index contributed by atoms with van der Waals surface area (Å²) in [5.74, 6) is -0.207. The predicted octanol–water partition coefficient (Wildman–Crippen LogP) is 3.27. The molecule has 0 N–H and O–H groups in total. The lowest BCUT2D eigenvalue weighted by molar-refractivity contribution is -0.757. The van der Waals surface area contributed by atoms with E-state index in [0.717, 1.165) is 32.1 Å². The molecule has 0 rings (SSSR count). The molecule has 0 unspecified atom stereocenters. The fraction of sp³-hybridized carbons (Fsp3) is 0.923. The van der Waals surface area contributed by atoms with E-state index in [0.29, 0.717) is 6.61 Å². The maximum atomic E-state index is 10.5. The Morgan fingerprint density at radius 1 is 0.895 bits per heavy atom. The van der Waals surface area contributed by atoms with Crippen LogP contribution in [0, 0.1) is 10.1 Å². The first-order valence-corrected chi connectivity index (χ1v) is 7.03. The minimum Gasteiger partial charge on any atom is -0.466 e. The molecular weight excluding hydrogens is 250 g/mol. The van der Waals surface area contributed by atoms with Gasteiger partial charge < -0.3 is 9.57 Å². The molecule has 0 aliphatic rings. The van der Waals surface area contributed by atoms with Crippen LogP contribution in [0.5, 0.6) is 0 Å². The molecule has 19 heavy (non-hydrogen) atoms. The lowest BCUT2D eigenvalue weighted by Crippen LogP contribution is -2.01. The molecule has 0 amide bonds. The summed E-state index contributed by atoms with van der Waals surface area (Å²) in [7, 11) is 0. The van der Waals surface area contributed by atoms with Crippen molar-refractivity contribution >= 4 is 5.97 Å². The van der Waals surface area contributed by atoms with Crippen LogP contribution in [0.3, 0.4) is 0 Å². The zero-order valence-corrected chi connectivity index (χ0v) is 11.8. The highest BCUT2D eigenvalue weighted by atomic mass is 16.9. The normalized spacial score (nSPS) is 10.2. The van der Waals surface area contributed by atoms with Crippen molar-refractivity contribution in [2.45, 2.75) is 64.7 Å². The second-order valence-corrected chi connectivity index (χ2v) is 4.58. The van der Waals surface area contributed by atoms with Crippen molar-refractivity contribution in [2.24, 2.45) is 0 Å². The van der Waals surface area contributed by atoms with Gasteiger partial charge in [0.05, 0.1) is 13.2 Å². The van der Waals surface area contributed by atoms with Gasteiger partial charge in [-0.05, 0) is 12.8 Å². The van der Waals surface area contributed by atoms with Crippen molar-refractivity contribution in [3.8, 4) is 0 Å². The van der Waals surface area contributed by atoms with Crippen molar-refractivity contribution < 1.29 is 19.5 Å². The van der Waals surface area contributed by atoms with Gasteiger partial charge in [0.15, 0.2) is 0 Å². The van der Waals surface area contributed by atoms with Crippen molar-refractivity contribution in [2.75, 3.05) is 13.2 Å². The van der Waals surface area contributed by atoms with Crippen LogP contribution in [0.4, 0.5) is 0 Å². The molecule has 0 aromatic rings. The SMILES string of the molecule is CC(=O)OCCCCCCCCCCCO[N+](=O)[O-]. The molecule has 0 heterocycles. The summed E-state index contributed by atoms with van der Waals surface area (Å²) in [4.78, 5) is 24.6. The van der Waals surface area contributed by atoms with E-state index in [1.807, 2.05) is 0 Å². The second-order valence-electron chi connectivity index (χ2n) is 4.58. The van der Waals surface area contributed by atoms with Crippen LogP contribution in [0.1, 0.15) is 64.7 Å². The van der Waals surface area contributed by atoms with E-state index < -0.39 is 5.09 Å². The molecule has 0 aromatic carbocycles. The van der Waals surface area contributed by atoms with Gasteiger partial charge >= 0.3 is 5.97 Å². The van der Waals surface area contributed by atoms with Gasteiger partial charge in [-0.1, -0.05) is 44.9 Å². The number of carbonyl (C=O) groups is 1. The van der Waals surface area contributed by atoms with Gasteiger partial charge in [0.1, 0.15) is 0 Å². The van der Waals surface area contributed by atoms with Gasteiger partial charge in [-0.2, -0.15) is 0 Å². The van der Waals surface area contributed by atoms with Gasteiger partial charge in [-0.3, -0.25) is 4.79 Å². The maximum absolute atomic E-state index is 10.5. The van der Waals surface area contributed by atoms with E-state index in [2.05, 4.69) is 4.84 Å². The van der Waals surface area contributed by atoms with Crippen LogP contribution >= 0.6 is 0 Å². The fourth-order valence-electron chi connectivity index (χ4n) is 1.80. The number of hydrogen-bond acceptors (Lipinski definition) is 5. The Morgan fingerprint density at radius 3 is 1.74 bits per heavy atom. The number of rotatable bonds is 13. The van der Waals surface area contributed by atoms with Crippen LogP contribution in [-0.4, -0.2) is 24.3 Å². The van der Waals surface area contributed by atoms with E-state index >= 15 is 0 Å². The molecule has 112 valence electrons. The summed E-state index contributed by atoms with van der Waals surface area (Å²) < 4.78 is 4.84. The minimum atomic E-state index is -0.740. The molecule has 0 aliphatic carbocycles. The topological polar surface area (TPSA) is 78.7 Å². The predicted molar refractivity (Wildman–Crippen MR) is 71.1 cm³/mol. The van der Waals surface area contributed by atoms with Crippen molar-refractivity contribution in [3.05, 3.63) is 10.1 Å². The average Bonchev–Trinajstić information content (AvgIpc) is 2.34. The molecule has 0 spiro atoms. The first kappa shape index (κ1) is 17.7. The van der Waals surface area contributed by atoms with Crippen molar-refractivity contribution in [1.29, 1.82) is 0 Å². The zero-order valence-electron chi connectivity index (χ0n) is 11.8. The number of ether oxygens (including phenoxy) is 1. The lowest BCUT2D eigenvalue weighted by Gasteiger charge is -2.03. The van der Waals surface area contributed by atoms with Crippen molar-refractivity contribution in [3.63, 3.8) is 0 Å². The molecule has 0 bridgehead atoms. The van der Waals surface area contributed by atoms with Gasteiger partial charge in [0, 0.05) is 6.92 Å². The third-order valence-corrected chi connectivity index (χ3v) is 2.79. The molecule has 0 atom stereocenters. The number of hydrogen-bond donors (Lipinski definition) is 0. The number of nitrogens with zero attached hydrogens (tertiary/aromatic N) is 1. The Bertz CT molecular complexity index is 221. The first-order chi connectivity index (χ1) is 9.13. The summed E-state index contributed by atoms with van der Waals surface area (Å²) >= 11 is 0. The number of unbranched alkanes of at least 4 members (excludes halogenated alkanes) is 8. The van der Waals surface area contributed by atoms with Crippen LogP contribution in [0.15, 0.2) is 0 Å². The molecule has 0 fully saturated rings. The van der Waals surface area contributed by atoms with Crippen LogP contribution in [-0.2, 0) is 14.4 Å². The monoisotopic (exact) mass is 275 g/mol. The van der Waals surface area contributed by atoms with Gasteiger partial charge in [-0.25, -0.2) is 0 Å². The number of esters is 1. The Labute approximate surface area is 114 Å². The fourth-order valence-corrected chi connectivity index (χ4v) is 1.80. The zero-order chi connectivity index (χ0) is 14.3. The van der Waals surface area contributed by atoms with Crippen LogP contribution < -0.4 is 0 Å². The molecule has 6 heteroatoms. The van der Waals surface area contributed by atoms with Crippen LogP contribution in [0.25, 0.3) is 0 Å². The highest BCUT2D eigenvalue weighted by Gasteiger charge is 1.96. The summed E-state index contributed by atoms with van der Waals surface area (Å²) in [6.45, 7) is 2.17. The molecule has 0 aromatic heterocycles. The molecule has 6 nitrogen and oxygen atoms in total. The van der Waals surface area contributed by atoms with Gasteiger partial charge in [0.25, 0.3) is 5.09 Å².